The third kappa shape index (κ3) is 3.54. The molecule has 0 fully saturated rings. The van der Waals surface area contributed by atoms with E-state index in [2.05, 4.69) is 23.8 Å². The molecule has 1 heterocycles. The van der Waals surface area contributed by atoms with E-state index < -0.39 is 0 Å². The van der Waals surface area contributed by atoms with Gasteiger partial charge in [-0.25, -0.2) is 4.98 Å². The molecule has 3 nitrogen and oxygen atoms in total. The van der Waals surface area contributed by atoms with Crippen LogP contribution in [0.25, 0.3) is 0 Å². The van der Waals surface area contributed by atoms with E-state index in [-0.39, 0.29) is 5.56 Å². The molecule has 0 aliphatic heterocycles. The van der Waals surface area contributed by atoms with Crippen molar-refractivity contribution < 1.29 is 0 Å². The van der Waals surface area contributed by atoms with Gasteiger partial charge < -0.3 is 4.98 Å². The molecular formula is C10H16N2OS. The first-order chi connectivity index (χ1) is 6.61. The van der Waals surface area contributed by atoms with Gasteiger partial charge in [0.1, 0.15) is 5.82 Å². The molecule has 0 aliphatic carbocycles. The van der Waals surface area contributed by atoms with Gasteiger partial charge in [-0.1, -0.05) is 13.8 Å². The average molecular weight is 212 g/mol. The molecule has 1 atom stereocenters. The molecule has 14 heavy (non-hydrogen) atoms. The van der Waals surface area contributed by atoms with Crippen LogP contribution in [0.3, 0.4) is 0 Å². The summed E-state index contributed by atoms with van der Waals surface area (Å²) in [5.41, 5.74) is 0.728. The number of thioether (sulfide) groups is 1. The molecule has 1 unspecified atom stereocenters. The third-order valence-corrected chi connectivity index (χ3v) is 3.34. The van der Waals surface area contributed by atoms with Gasteiger partial charge in [-0.05, 0) is 13.3 Å². The normalized spacial score (nSPS) is 12.8. The topological polar surface area (TPSA) is 45.8 Å². The maximum Gasteiger partial charge on any atom is 0.251 e. The predicted octanol–water partition coefficient (Wildman–Crippen LogP) is 2.11. The van der Waals surface area contributed by atoms with Crippen LogP contribution >= 0.6 is 11.8 Å². The minimum Gasteiger partial charge on any atom is -0.310 e. The van der Waals surface area contributed by atoms with Crippen LogP contribution in [0.1, 0.15) is 31.8 Å². The van der Waals surface area contributed by atoms with Crippen LogP contribution in [0.4, 0.5) is 0 Å². The van der Waals surface area contributed by atoms with Crippen molar-refractivity contribution in [3.8, 4) is 0 Å². The van der Waals surface area contributed by atoms with Gasteiger partial charge in [-0.3, -0.25) is 4.79 Å². The minimum absolute atomic E-state index is 0.0581. The molecule has 4 heteroatoms. The van der Waals surface area contributed by atoms with Gasteiger partial charge in [-0.2, -0.15) is 11.8 Å². The molecule has 1 aromatic heterocycles. The standard InChI is InChI=1S/C10H16N2OS/c1-4-8(3)14-6-9-11-7(2)5-10(13)12-9/h5,8H,4,6H2,1-3H3,(H,11,12,13). The molecule has 1 rings (SSSR count). The van der Waals surface area contributed by atoms with Crippen molar-refractivity contribution >= 4 is 11.8 Å². The lowest BCUT2D eigenvalue weighted by molar-refractivity contribution is 0.897. The Kier molecular flexibility index (Phi) is 4.20. The molecule has 0 aromatic carbocycles. The van der Waals surface area contributed by atoms with Crippen molar-refractivity contribution in [3.05, 3.63) is 27.9 Å². The monoisotopic (exact) mass is 212 g/mol. The van der Waals surface area contributed by atoms with E-state index in [9.17, 15) is 4.79 Å². The summed E-state index contributed by atoms with van der Waals surface area (Å²) in [6.07, 6.45) is 1.14. The SMILES string of the molecule is CCC(C)SCc1nc(C)cc(=O)[nH]1. The molecule has 0 aliphatic rings. The van der Waals surface area contributed by atoms with Gasteiger partial charge in [0.25, 0.3) is 5.56 Å². The number of hydrogen-bond acceptors (Lipinski definition) is 3. The van der Waals surface area contributed by atoms with Gasteiger partial charge in [0.05, 0.1) is 5.75 Å². The molecule has 0 spiro atoms. The van der Waals surface area contributed by atoms with Gasteiger partial charge in [0.2, 0.25) is 0 Å². The Bertz CT molecular complexity index is 348. The maximum absolute atomic E-state index is 11.1. The number of aromatic amines is 1. The van der Waals surface area contributed by atoms with Crippen LogP contribution in [0.5, 0.6) is 0 Å². The zero-order chi connectivity index (χ0) is 10.6. The second-order valence-corrected chi connectivity index (χ2v) is 4.79. The van der Waals surface area contributed by atoms with Crippen LogP contribution in [-0.2, 0) is 5.75 Å². The van der Waals surface area contributed by atoms with Gasteiger partial charge in [0, 0.05) is 17.0 Å². The quantitative estimate of drug-likeness (QED) is 0.831. The fraction of sp³-hybridized carbons (Fsp3) is 0.600. The Morgan fingerprint density at radius 2 is 2.36 bits per heavy atom. The zero-order valence-corrected chi connectivity index (χ0v) is 9.65. The maximum atomic E-state index is 11.1. The van der Waals surface area contributed by atoms with Gasteiger partial charge in [-0.15, -0.1) is 0 Å². The molecule has 0 amide bonds. The average Bonchev–Trinajstić information content (AvgIpc) is 2.12. The zero-order valence-electron chi connectivity index (χ0n) is 8.83. The van der Waals surface area contributed by atoms with E-state index in [1.165, 1.54) is 6.07 Å². The number of aromatic nitrogens is 2. The summed E-state index contributed by atoms with van der Waals surface area (Å²) < 4.78 is 0. The molecular weight excluding hydrogens is 196 g/mol. The Labute approximate surface area is 88.3 Å². The van der Waals surface area contributed by atoms with Crippen LogP contribution in [-0.4, -0.2) is 15.2 Å². The Morgan fingerprint density at radius 1 is 1.64 bits per heavy atom. The molecule has 78 valence electrons. The summed E-state index contributed by atoms with van der Waals surface area (Å²) in [6, 6.07) is 1.51. The molecule has 0 bridgehead atoms. The largest absolute Gasteiger partial charge is 0.310 e. The third-order valence-electron chi connectivity index (χ3n) is 2.00. The van der Waals surface area contributed by atoms with E-state index in [1.54, 1.807) is 0 Å². The number of rotatable bonds is 4. The first kappa shape index (κ1) is 11.3. The highest BCUT2D eigenvalue weighted by Gasteiger charge is 2.02. The molecule has 1 aromatic rings. The summed E-state index contributed by atoms with van der Waals surface area (Å²) in [7, 11) is 0. The lowest BCUT2D eigenvalue weighted by atomic mass is 10.4. The second-order valence-electron chi connectivity index (χ2n) is 3.36. The summed E-state index contributed by atoms with van der Waals surface area (Å²) in [5, 5.41) is 0.612. The van der Waals surface area contributed by atoms with Crippen molar-refractivity contribution in [1.29, 1.82) is 0 Å². The van der Waals surface area contributed by atoms with Crippen LogP contribution in [0.2, 0.25) is 0 Å². The number of nitrogens with one attached hydrogen (secondary N) is 1. The molecule has 1 N–H and O–H groups in total. The highest BCUT2D eigenvalue weighted by molar-refractivity contribution is 7.99. The molecule has 0 saturated carbocycles. The van der Waals surface area contributed by atoms with E-state index in [4.69, 9.17) is 0 Å². The van der Waals surface area contributed by atoms with Crippen LogP contribution in [0.15, 0.2) is 10.9 Å². The summed E-state index contributed by atoms with van der Waals surface area (Å²) in [4.78, 5) is 18.1. The smallest absolute Gasteiger partial charge is 0.251 e. The van der Waals surface area contributed by atoms with E-state index in [1.807, 2.05) is 18.7 Å². The van der Waals surface area contributed by atoms with Crippen molar-refractivity contribution in [2.24, 2.45) is 0 Å². The summed E-state index contributed by atoms with van der Waals surface area (Å²) in [6.45, 7) is 6.18. The lowest BCUT2D eigenvalue weighted by Gasteiger charge is -2.07. The second kappa shape index (κ2) is 5.20. The van der Waals surface area contributed by atoms with Gasteiger partial charge >= 0.3 is 0 Å². The van der Waals surface area contributed by atoms with Crippen molar-refractivity contribution in [2.75, 3.05) is 0 Å². The first-order valence-electron chi connectivity index (χ1n) is 4.80. The fourth-order valence-electron chi connectivity index (χ4n) is 1.05. The van der Waals surface area contributed by atoms with Crippen molar-refractivity contribution in [1.82, 2.24) is 9.97 Å². The Hall–Kier alpha value is -0.770. The number of H-pyrrole nitrogens is 1. The van der Waals surface area contributed by atoms with Gasteiger partial charge in [0.15, 0.2) is 0 Å². The Morgan fingerprint density at radius 3 is 2.93 bits per heavy atom. The minimum atomic E-state index is -0.0581. The van der Waals surface area contributed by atoms with E-state index >= 15 is 0 Å². The first-order valence-corrected chi connectivity index (χ1v) is 5.85. The summed E-state index contributed by atoms with van der Waals surface area (Å²) >= 11 is 1.81. The van der Waals surface area contributed by atoms with E-state index in [0.29, 0.717) is 5.25 Å². The molecule has 0 radical (unpaired) electrons. The highest BCUT2D eigenvalue weighted by atomic mass is 32.2. The number of aryl methyl sites for hydroxylation is 1. The predicted molar refractivity (Wildman–Crippen MR) is 60.6 cm³/mol. The lowest BCUT2D eigenvalue weighted by Crippen LogP contribution is -2.11. The van der Waals surface area contributed by atoms with Crippen molar-refractivity contribution in [3.63, 3.8) is 0 Å². The van der Waals surface area contributed by atoms with Crippen LogP contribution < -0.4 is 5.56 Å². The van der Waals surface area contributed by atoms with Crippen molar-refractivity contribution in [2.45, 2.75) is 38.2 Å². The number of nitrogens with zero attached hydrogens (tertiary/aromatic N) is 1. The molecule has 0 saturated heterocycles. The van der Waals surface area contributed by atoms with E-state index in [0.717, 1.165) is 23.7 Å². The summed E-state index contributed by atoms with van der Waals surface area (Å²) in [5.74, 6) is 1.56. The Balaban J connectivity index is 2.63. The fourth-order valence-corrected chi connectivity index (χ4v) is 1.86. The number of hydrogen-bond donors (Lipinski definition) is 1. The highest BCUT2D eigenvalue weighted by Crippen LogP contribution is 2.16. The van der Waals surface area contributed by atoms with Crippen LogP contribution in [0, 0.1) is 6.92 Å².